The van der Waals surface area contributed by atoms with E-state index >= 15 is 0 Å². The highest BCUT2D eigenvalue weighted by Gasteiger charge is 2.13. The Bertz CT molecular complexity index is 811. The molecule has 0 spiro atoms. The van der Waals surface area contributed by atoms with Crippen LogP contribution in [-0.2, 0) is 12.3 Å². The fraction of sp³-hybridized carbons (Fsp3) is 0.286. The van der Waals surface area contributed by atoms with Gasteiger partial charge in [-0.15, -0.1) is 0 Å². The number of H-pyrrole nitrogens is 1. The quantitative estimate of drug-likeness (QED) is 0.747. The van der Waals surface area contributed by atoms with Crippen molar-refractivity contribution in [1.82, 2.24) is 25.4 Å². The van der Waals surface area contributed by atoms with Gasteiger partial charge in [0.15, 0.2) is 11.6 Å². The second kappa shape index (κ2) is 6.18. The first kappa shape index (κ1) is 14.6. The van der Waals surface area contributed by atoms with Crippen LogP contribution in [0.25, 0.3) is 11.0 Å². The first-order valence-corrected chi connectivity index (χ1v) is 8.10. The van der Waals surface area contributed by atoms with Crippen LogP contribution in [0.4, 0.5) is 0 Å². The molecule has 3 rings (SSSR count). The van der Waals surface area contributed by atoms with Crippen molar-refractivity contribution in [3.63, 3.8) is 0 Å². The Hall–Kier alpha value is -2.35. The molecule has 0 aliphatic heterocycles. The van der Waals surface area contributed by atoms with Crippen LogP contribution in [-0.4, -0.2) is 32.3 Å². The lowest BCUT2D eigenvalue weighted by Gasteiger charge is -1.97. The second-order valence-corrected chi connectivity index (χ2v) is 5.69. The average molecular weight is 317 g/mol. The summed E-state index contributed by atoms with van der Waals surface area (Å²) in [5.41, 5.74) is 2.70. The largest absolute Gasteiger partial charge is 0.340 e. The lowest BCUT2D eigenvalue weighted by Crippen LogP contribution is -2.24. The maximum atomic E-state index is 12.1. The van der Waals surface area contributed by atoms with Crippen molar-refractivity contribution in [2.24, 2.45) is 0 Å². The number of carbonyl (C=O) groups is 1. The predicted octanol–water partition coefficient (Wildman–Crippen LogP) is 2.05. The molecule has 114 valence electrons. The molecule has 22 heavy (non-hydrogen) atoms. The molecule has 7 nitrogen and oxygen atoms in total. The van der Waals surface area contributed by atoms with E-state index in [0.717, 1.165) is 16.6 Å². The Kier molecular flexibility index (Phi) is 4.10. The standard InChI is InChI=1S/C14H15N5O2S/c1-8-3-4-9-10(5-8)17-13(16-9)14(20)15-6-12-18-11(7-22-2)19-21-12/h3-5H,6-7H2,1-2H3,(H,15,20)(H,16,17). The second-order valence-electron chi connectivity index (χ2n) is 4.83. The van der Waals surface area contributed by atoms with E-state index in [1.807, 2.05) is 31.4 Å². The number of aryl methyl sites for hydroxylation is 1. The summed E-state index contributed by atoms with van der Waals surface area (Å²) in [5, 5.41) is 6.53. The maximum Gasteiger partial charge on any atom is 0.287 e. The summed E-state index contributed by atoms with van der Waals surface area (Å²) >= 11 is 1.61. The number of carbonyl (C=O) groups excluding carboxylic acids is 1. The van der Waals surface area contributed by atoms with Crippen LogP contribution in [0.1, 0.15) is 27.9 Å². The Balaban J connectivity index is 1.67. The van der Waals surface area contributed by atoms with Gasteiger partial charge in [-0.3, -0.25) is 4.79 Å². The van der Waals surface area contributed by atoms with Gasteiger partial charge in [0.1, 0.15) is 0 Å². The molecule has 0 saturated carbocycles. The fourth-order valence-corrected chi connectivity index (χ4v) is 2.40. The average Bonchev–Trinajstić information content (AvgIpc) is 3.11. The number of aromatic amines is 1. The molecule has 2 heterocycles. The molecule has 2 N–H and O–H groups in total. The Morgan fingerprint density at radius 1 is 1.41 bits per heavy atom. The van der Waals surface area contributed by atoms with Crippen LogP contribution in [0.5, 0.6) is 0 Å². The lowest BCUT2D eigenvalue weighted by atomic mass is 10.2. The summed E-state index contributed by atoms with van der Waals surface area (Å²) in [5.74, 6) is 1.64. The Labute approximate surface area is 130 Å². The van der Waals surface area contributed by atoms with Gasteiger partial charge >= 0.3 is 0 Å². The number of thioether (sulfide) groups is 1. The van der Waals surface area contributed by atoms with Gasteiger partial charge in [0.05, 0.1) is 23.3 Å². The minimum atomic E-state index is -0.307. The highest BCUT2D eigenvalue weighted by molar-refractivity contribution is 7.97. The van der Waals surface area contributed by atoms with E-state index in [1.54, 1.807) is 11.8 Å². The van der Waals surface area contributed by atoms with Crippen molar-refractivity contribution in [3.05, 3.63) is 41.3 Å². The van der Waals surface area contributed by atoms with Gasteiger partial charge in [-0.25, -0.2) is 4.98 Å². The van der Waals surface area contributed by atoms with E-state index in [1.165, 1.54) is 0 Å². The molecule has 0 radical (unpaired) electrons. The van der Waals surface area contributed by atoms with E-state index < -0.39 is 0 Å². The molecule has 8 heteroatoms. The van der Waals surface area contributed by atoms with Gasteiger partial charge in [-0.2, -0.15) is 16.7 Å². The molecule has 0 aliphatic carbocycles. The number of imidazole rings is 1. The molecular weight excluding hydrogens is 302 g/mol. The van der Waals surface area contributed by atoms with E-state index in [4.69, 9.17) is 4.52 Å². The molecule has 2 aromatic heterocycles. The number of fused-ring (bicyclic) bond motifs is 1. The molecule has 0 aliphatic rings. The summed E-state index contributed by atoms with van der Waals surface area (Å²) in [6.45, 7) is 2.16. The van der Waals surface area contributed by atoms with Crippen LogP contribution in [0, 0.1) is 6.92 Å². The number of amides is 1. The topological polar surface area (TPSA) is 96.7 Å². The van der Waals surface area contributed by atoms with Gasteiger partial charge in [0.25, 0.3) is 5.91 Å². The zero-order chi connectivity index (χ0) is 15.5. The third kappa shape index (κ3) is 3.11. The van der Waals surface area contributed by atoms with Gasteiger partial charge in [-0.1, -0.05) is 11.2 Å². The number of aromatic nitrogens is 4. The van der Waals surface area contributed by atoms with Gasteiger partial charge in [0.2, 0.25) is 5.89 Å². The normalized spacial score (nSPS) is 11.0. The Morgan fingerprint density at radius 3 is 3.09 bits per heavy atom. The highest BCUT2D eigenvalue weighted by atomic mass is 32.2. The number of nitrogens with zero attached hydrogens (tertiary/aromatic N) is 3. The van der Waals surface area contributed by atoms with Crippen molar-refractivity contribution >= 4 is 28.7 Å². The van der Waals surface area contributed by atoms with Crippen LogP contribution >= 0.6 is 11.8 Å². The lowest BCUT2D eigenvalue weighted by molar-refractivity contribution is 0.0937. The zero-order valence-corrected chi connectivity index (χ0v) is 13.0. The Morgan fingerprint density at radius 2 is 2.27 bits per heavy atom. The molecule has 0 bridgehead atoms. The molecule has 0 saturated heterocycles. The molecular formula is C14H15N5O2S. The zero-order valence-electron chi connectivity index (χ0n) is 12.2. The summed E-state index contributed by atoms with van der Waals surface area (Å²) in [4.78, 5) is 23.6. The number of nitrogens with one attached hydrogen (secondary N) is 2. The van der Waals surface area contributed by atoms with E-state index in [2.05, 4.69) is 25.4 Å². The van der Waals surface area contributed by atoms with E-state index in [-0.39, 0.29) is 18.3 Å². The minimum absolute atomic E-state index is 0.177. The number of benzene rings is 1. The number of hydrogen-bond acceptors (Lipinski definition) is 6. The van der Waals surface area contributed by atoms with Gasteiger partial charge in [0, 0.05) is 0 Å². The predicted molar refractivity (Wildman–Crippen MR) is 83.5 cm³/mol. The molecule has 1 amide bonds. The molecule has 0 unspecified atom stereocenters. The number of rotatable bonds is 5. The first-order valence-electron chi connectivity index (χ1n) is 6.70. The highest BCUT2D eigenvalue weighted by Crippen LogP contribution is 2.13. The van der Waals surface area contributed by atoms with Crippen LogP contribution in [0.3, 0.4) is 0 Å². The van der Waals surface area contributed by atoms with Crippen molar-refractivity contribution in [2.75, 3.05) is 6.26 Å². The molecule has 1 aromatic carbocycles. The van der Waals surface area contributed by atoms with Crippen molar-refractivity contribution < 1.29 is 9.32 Å². The summed E-state index contributed by atoms with van der Waals surface area (Å²) in [6, 6.07) is 5.78. The van der Waals surface area contributed by atoms with Crippen molar-refractivity contribution in [1.29, 1.82) is 0 Å². The minimum Gasteiger partial charge on any atom is -0.340 e. The summed E-state index contributed by atoms with van der Waals surface area (Å²) in [6.07, 6.45) is 1.96. The van der Waals surface area contributed by atoms with Crippen LogP contribution in [0.15, 0.2) is 22.7 Å². The first-order chi connectivity index (χ1) is 10.7. The van der Waals surface area contributed by atoms with E-state index in [9.17, 15) is 4.79 Å². The molecule has 0 fully saturated rings. The van der Waals surface area contributed by atoms with Crippen LogP contribution in [0.2, 0.25) is 0 Å². The van der Waals surface area contributed by atoms with Gasteiger partial charge < -0.3 is 14.8 Å². The molecule has 0 atom stereocenters. The third-order valence-electron chi connectivity index (χ3n) is 3.04. The third-order valence-corrected chi connectivity index (χ3v) is 3.58. The van der Waals surface area contributed by atoms with Gasteiger partial charge in [-0.05, 0) is 30.9 Å². The fourth-order valence-electron chi connectivity index (χ4n) is 2.02. The monoisotopic (exact) mass is 317 g/mol. The summed E-state index contributed by atoms with van der Waals surface area (Å²) < 4.78 is 5.06. The summed E-state index contributed by atoms with van der Waals surface area (Å²) in [7, 11) is 0. The van der Waals surface area contributed by atoms with E-state index in [0.29, 0.717) is 17.5 Å². The number of hydrogen-bond donors (Lipinski definition) is 2. The van der Waals surface area contributed by atoms with Crippen molar-refractivity contribution in [3.8, 4) is 0 Å². The van der Waals surface area contributed by atoms with Crippen LogP contribution < -0.4 is 5.32 Å². The SMILES string of the molecule is CSCc1noc(CNC(=O)c2nc3ccc(C)cc3[nH]2)n1. The van der Waals surface area contributed by atoms with Crippen molar-refractivity contribution in [2.45, 2.75) is 19.2 Å². The maximum absolute atomic E-state index is 12.1. The molecule has 3 aromatic rings. The smallest absolute Gasteiger partial charge is 0.287 e.